The van der Waals surface area contributed by atoms with Crippen LogP contribution in [0.1, 0.15) is 19.3 Å². The Labute approximate surface area is 115 Å². The van der Waals surface area contributed by atoms with Crippen molar-refractivity contribution in [2.45, 2.75) is 25.4 Å². The van der Waals surface area contributed by atoms with Gasteiger partial charge in [-0.05, 0) is 31.3 Å². The Kier molecular flexibility index (Phi) is 2.82. The van der Waals surface area contributed by atoms with Crippen molar-refractivity contribution in [3.05, 3.63) is 48.1 Å². The highest BCUT2D eigenvalue weighted by molar-refractivity contribution is 5.98. The van der Waals surface area contributed by atoms with Crippen molar-refractivity contribution in [1.82, 2.24) is 0 Å². The molecule has 0 saturated carbocycles. The molecule has 3 unspecified atom stereocenters. The van der Waals surface area contributed by atoms with Gasteiger partial charge in [-0.15, -0.1) is 6.58 Å². The van der Waals surface area contributed by atoms with Crippen molar-refractivity contribution < 1.29 is 18.0 Å². The molecule has 0 bridgehead atoms. The molecule has 0 fully saturated rings. The average molecular weight is 280 g/mol. The summed E-state index contributed by atoms with van der Waals surface area (Å²) in [5, 5.41) is 0. The quantitative estimate of drug-likeness (QED) is 0.660. The van der Waals surface area contributed by atoms with E-state index in [9.17, 15) is 18.0 Å². The predicted octanol–water partition coefficient (Wildman–Crippen LogP) is 4.14. The van der Waals surface area contributed by atoms with Gasteiger partial charge >= 0.3 is 6.18 Å². The molecule has 0 aromatic heterocycles. The summed E-state index contributed by atoms with van der Waals surface area (Å²) in [6.07, 6.45) is 4.77. The van der Waals surface area contributed by atoms with E-state index in [1.807, 2.05) is 0 Å². The van der Waals surface area contributed by atoms with Gasteiger partial charge in [-0.3, -0.25) is 4.79 Å². The van der Waals surface area contributed by atoms with Gasteiger partial charge in [0.2, 0.25) is 0 Å². The van der Waals surface area contributed by atoms with Gasteiger partial charge in [0.15, 0.2) is 5.78 Å². The summed E-state index contributed by atoms with van der Waals surface area (Å²) < 4.78 is 40.5. The standard InChI is InChI=1S/C16H15F3O/c1-2-10-7-11-9-13(20)12-5-3-4-6-15(11,12)14(8-10)16(17,18)19/h2,4,6,8-10,12H,1,3,5,7H2. The van der Waals surface area contributed by atoms with E-state index in [-0.39, 0.29) is 11.7 Å². The number of allylic oxidation sites excluding steroid dienone is 7. The van der Waals surface area contributed by atoms with Crippen LogP contribution in [0.15, 0.2) is 48.1 Å². The summed E-state index contributed by atoms with van der Waals surface area (Å²) in [7, 11) is 0. The van der Waals surface area contributed by atoms with Crippen LogP contribution in [-0.4, -0.2) is 12.0 Å². The zero-order chi connectivity index (χ0) is 14.5. The number of rotatable bonds is 1. The van der Waals surface area contributed by atoms with Crippen LogP contribution in [-0.2, 0) is 4.79 Å². The molecule has 0 aliphatic heterocycles. The van der Waals surface area contributed by atoms with Crippen LogP contribution >= 0.6 is 0 Å². The zero-order valence-corrected chi connectivity index (χ0v) is 10.9. The Balaban J connectivity index is 2.24. The number of alkyl halides is 3. The smallest absolute Gasteiger partial charge is 0.294 e. The summed E-state index contributed by atoms with van der Waals surface area (Å²) in [6, 6.07) is 0. The number of ketones is 1. The molecule has 106 valence electrons. The molecule has 1 spiro atoms. The van der Waals surface area contributed by atoms with Gasteiger partial charge in [0.25, 0.3) is 0 Å². The largest absolute Gasteiger partial charge is 0.413 e. The van der Waals surface area contributed by atoms with E-state index in [1.54, 1.807) is 12.2 Å². The molecule has 3 aliphatic rings. The SMILES string of the molecule is C=CC1C=C(C(F)(F)F)C23C=CCCC2C(=O)C=C3C1. The van der Waals surface area contributed by atoms with Crippen LogP contribution in [0.2, 0.25) is 0 Å². The number of carbonyl (C=O) groups excluding carboxylic acids is 1. The Morgan fingerprint density at radius 3 is 2.80 bits per heavy atom. The number of halogens is 3. The van der Waals surface area contributed by atoms with Crippen LogP contribution in [0.25, 0.3) is 0 Å². The second-order valence-corrected chi connectivity index (χ2v) is 5.66. The molecule has 0 aromatic rings. The van der Waals surface area contributed by atoms with Crippen molar-refractivity contribution >= 4 is 5.78 Å². The Hall–Kier alpha value is -1.58. The maximum atomic E-state index is 13.5. The molecule has 1 nitrogen and oxygen atoms in total. The van der Waals surface area contributed by atoms with E-state index < -0.39 is 23.1 Å². The van der Waals surface area contributed by atoms with Crippen LogP contribution in [0.3, 0.4) is 0 Å². The first-order chi connectivity index (χ1) is 9.39. The van der Waals surface area contributed by atoms with Crippen LogP contribution in [0.4, 0.5) is 13.2 Å². The summed E-state index contributed by atoms with van der Waals surface area (Å²) in [5.74, 6) is -1.10. The third-order valence-electron chi connectivity index (χ3n) is 4.63. The highest BCUT2D eigenvalue weighted by Gasteiger charge is 2.59. The molecule has 3 aliphatic carbocycles. The molecule has 0 heterocycles. The van der Waals surface area contributed by atoms with Crippen molar-refractivity contribution in [2.24, 2.45) is 17.3 Å². The van der Waals surface area contributed by atoms with E-state index in [2.05, 4.69) is 6.58 Å². The van der Waals surface area contributed by atoms with Gasteiger partial charge in [-0.2, -0.15) is 13.2 Å². The lowest BCUT2D eigenvalue weighted by Crippen LogP contribution is -2.41. The zero-order valence-electron chi connectivity index (χ0n) is 10.9. The highest BCUT2D eigenvalue weighted by Crippen LogP contribution is 2.60. The van der Waals surface area contributed by atoms with Crippen molar-refractivity contribution in [3.8, 4) is 0 Å². The van der Waals surface area contributed by atoms with Crippen LogP contribution < -0.4 is 0 Å². The minimum atomic E-state index is -4.43. The monoisotopic (exact) mass is 280 g/mol. The lowest BCUT2D eigenvalue weighted by molar-refractivity contribution is -0.123. The third kappa shape index (κ3) is 1.67. The maximum Gasteiger partial charge on any atom is 0.413 e. The van der Waals surface area contributed by atoms with Crippen molar-refractivity contribution in [1.29, 1.82) is 0 Å². The molecule has 3 rings (SSSR count). The number of carbonyl (C=O) groups is 1. The lowest BCUT2D eigenvalue weighted by atomic mass is 9.59. The Bertz CT molecular complexity index is 565. The summed E-state index contributed by atoms with van der Waals surface area (Å²) >= 11 is 0. The maximum absolute atomic E-state index is 13.5. The van der Waals surface area contributed by atoms with E-state index in [4.69, 9.17) is 0 Å². The first-order valence-corrected chi connectivity index (χ1v) is 6.74. The molecule has 4 heteroatoms. The molecule has 20 heavy (non-hydrogen) atoms. The highest BCUT2D eigenvalue weighted by atomic mass is 19.4. The molecule has 0 amide bonds. The van der Waals surface area contributed by atoms with E-state index in [1.165, 1.54) is 18.2 Å². The lowest BCUT2D eigenvalue weighted by Gasteiger charge is -2.43. The minimum Gasteiger partial charge on any atom is -0.294 e. The summed E-state index contributed by atoms with van der Waals surface area (Å²) in [4.78, 5) is 12.1. The fourth-order valence-electron chi connectivity index (χ4n) is 3.79. The van der Waals surface area contributed by atoms with Gasteiger partial charge in [-0.25, -0.2) is 0 Å². The average Bonchev–Trinajstić information content (AvgIpc) is 2.69. The topological polar surface area (TPSA) is 17.1 Å². The van der Waals surface area contributed by atoms with Gasteiger partial charge in [0, 0.05) is 16.9 Å². The Morgan fingerprint density at radius 1 is 1.40 bits per heavy atom. The number of hydrogen-bond donors (Lipinski definition) is 0. The molecule has 3 atom stereocenters. The predicted molar refractivity (Wildman–Crippen MR) is 69.8 cm³/mol. The third-order valence-corrected chi connectivity index (χ3v) is 4.63. The molecular formula is C16H15F3O. The fourth-order valence-corrected chi connectivity index (χ4v) is 3.79. The van der Waals surface area contributed by atoms with Gasteiger partial charge in [0.05, 0.1) is 0 Å². The van der Waals surface area contributed by atoms with Crippen LogP contribution in [0.5, 0.6) is 0 Å². The summed E-state index contributed by atoms with van der Waals surface area (Å²) in [6.45, 7) is 3.59. The minimum absolute atomic E-state index is 0.163. The summed E-state index contributed by atoms with van der Waals surface area (Å²) in [5.41, 5.74) is -1.23. The molecule has 0 radical (unpaired) electrons. The second kappa shape index (κ2) is 4.21. The van der Waals surface area contributed by atoms with Crippen molar-refractivity contribution in [2.75, 3.05) is 0 Å². The fraction of sp³-hybridized carbons (Fsp3) is 0.438. The van der Waals surface area contributed by atoms with E-state index in [0.29, 0.717) is 24.8 Å². The first-order valence-electron chi connectivity index (χ1n) is 6.74. The molecule has 0 saturated heterocycles. The Morgan fingerprint density at radius 2 is 2.15 bits per heavy atom. The first kappa shape index (κ1) is 13.4. The van der Waals surface area contributed by atoms with Gasteiger partial charge < -0.3 is 0 Å². The normalized spacial score (nSPS) is 36.0. The molecular weight excluding hydrogens is 265 g/mol. The van der Waals surface area contributed by atoms with Crippen LogP contribution in [0, 0.1) is 17.3 Å². The van der Waals surface area contributed by atoms with Gasteiger partial charge in [-0.1, -0.05) is 29.9 Å². The molecule has 0 N–H and O–H groups in total. The van der Waals surface area contributed by atoms with E-state index >= 15 is 0 Å². The second-order valence-electron chi connectivity index (χ2n) is 5.66. The van der Waals surface area contributed by atoms with Crippen molar-refractivity contribution in [3.63, 3.8) is 0 Å². The molecule has 0 aromatic carbocycles. The van der Waals surface area contributed by atoms with E-state index in [0.717, 1.165) is 0 Å². The van der Waals surface area contributed by atoms with Gasteiger partial charge in [0.1, 0.15) is 0 Å². The number of hydrogen-bond acceptors (Lipinski definition) is 1.